The standard InChI is InChI=1S/C34H44FN3O2/c35-29-7-5-24(6-8-29)15-25-9-11-37(12-10-25)22-30-23-38(13-14-40-30)33(39)36-32-4-2-1-3-31(32)34-19-26-16-27(20-34)18-28(17-26)21-34/h1-8,25-28,30H,9-23H2,(H,36,39). The van der Waals surface area contributed by atoms with E-state index in [1.165, 1.54) is 49.7 Å². The third kappa shape index (κ3) is 5.54. The minimum absolute atomic E-state index is 0.0171. The van der Waals surface area contributed by atoms with E-state index in [2.05, 4.69) is 34.5 Å². The van der Waals surface area contributed by atoms with Crippen molar-refractivity contribution in [1.29, 1.82) is 0 Å². The van der Waals surface area contributed by atoms with Crippen LogP contribution in [0.2, 0.25) is 0 Å². The van der Waals surface area contributed by atoms with Crippen molar-refractivity contribution < 1.29 is 13.9 Å². The Bertz CT molecular complexity index is 1160. The molecule has 1 N–H and O–H groups in total. The average molecular weight is 546 g/mol. The second kappa shape index (κ2) is 11.1. The number of morpholine rings is 1. The molecule has 2 saturated heterocycles. The first-order valence-electron chi connectivity index (χ1n) is 15.8. The summed E-state index contributed by atoms with van der Waals surface area (Å²) in [5, 5.41) is 3.36. The highest BCUT2D eigenvalue weighted by molar-refractivity contribution is 5.90. The average Bonchev–Trinajstić information content (AvgIpc) is 2.95. The second-order valence-electron chi connectivity index (χ2n) is 13.7. The minimum atomic E-state index is -0.166. The van der Waals surface area contributed by atoms with Crippen LogP contribution in [0.3, 0.4) is 0 Å². The Balaban J connectivity index is 0.934. The number of likely N-dealkylation sites (tertiary alicyclic amines) is 1. The molecule has 8 rings (SSSR count). The van der Waals surface area contributed by atoms with Gasteiger partial charge < -0.3 is 19.9 Å². The van der Waals surface area contributed by atoms with Crippen molar-refractivity contribution in [2.45, 2.75) is 69.3 Å². The third-order valence-electron chi connectivity index (χ3n) is 10.8. The Kier molecular flexibility index (Phi) is 7.34. The maximum Gasteiger partial charge on any atom is 0.322 e. The molecule has 2 amide bonds. The van der Waals surface area contributed by atoms with Crippen LogP contribution < -0.4 is 5.32 Å². The fourth-order valence-corrected chi connectivity index (χ4v) is 9.32. The van der Waals surface area contributed by atoms with Gasteiger partial charge in [0.1, 0.15) is 5.82 Å². The molecule has 1 atom stereocenters. The quantitative estimate of drug-likeness (QED) is 0.452. The zero-order valence-corrected chi connectivity index (χ0v) is 23.7. The Hall–Kier alpha value is -2.44. The number of nitrogens with zero attached hydrogens (tertiary/aromatic N) is 2. The highest BCUT2D eigenvalue weighted by Crippen LogP contribution is 2.61. The maximum absolute atomic E-state index is 13.5. The van der Waals surface area contributed by atoms with Gasteiger partial charge in [0.2, 0.25) is 0 Å². The van der Waals surface area contributed by atoms with E-state index < -0.39 is 0 Å². The number of piperidine rings is 1. The number of ether oxygens (including phenoxy) is 1. The highest BCUT2D eigenvalue weighted by atomic mass is 19.1. The first kappa shape index (κ1) is 26.5. The number of halogens is 1. The molecule has 40 heavy (non-hydrogen) atoms. The van der Waals surface area contributed by atoms with Crippen LogP contribution in [0.5, 0.6) is 0 Å². The van der Waals surface area contributed by atoms with Gasteiger partial charge in [-0.2, -0.15) is 0 Å². The minimum Gasteiger partial charge on any atom is -0.373 e. The first-order chi connectivity index (χ1) is 19.5. The number of hydrogen-bond donors (Lipinski definition) is 1. The second-order valence-corrected chi connectivity index (χ2v) is 13.7. The van der Waals surface area contributed by atoms with Crippen molar-refractivity contribution in [3.63, 3.8) is 0 Å². The van der Waals surface area contributed by atoms with Crippen LogP contribution in [0.15, 0.2) is 48.5 Å². The largest absolute Gasteiger partial charge is 0.373 e. The predicted molar refractivity (Wildman–Crippen MR) is 156 cm³/mol. The van der Waals surface area contributed by atoms with Crippen LogP contribution in [-0.4, -0.2) is 61.3 Å². The molecule has 2 aliphatic heterocycles. The summed E-state index contributed by atoms with van der Waals surface area (Å²) in [6.07, 6.45) is 11.5. The van der Waals surface area contributed by atoms with Gasteiger partial charge in [0.15, 0.2) is 0 Å². The molecule has 1 unspecified atom stereocenters. The fraction of sp³-hybridized carbons (Fsp3) is 0.618. The van der Waals surface area contributed by atoms with Gasteiger partial charge in [0, 0.05) is 25.3 Å². The van der Waals surface area contributed by atoms with Gasteiger partial charge >= 0.3 is 6.03 Å². The summed E-state index contributed by atoms with van der Waals surface area (Å²) in [5.74, 6) is 3.11. The zero-order valence-electron chi connectivity index (χ0n) is 23.7. The number of hydrogen-bond acceptors (Lipinski definition) is 3. The molecular formula is C34H44FN3O2. The first-order valence-corrected chi connectivity index (χ1v) is 15.8. The van der Waals surface area contributed by atoms with Crippen LogP contribution in [0.4, 0.5) is 14.9 Å². The lowest BCUT2D eigenvalue weighted by Gasteiger charge is -2.57. The van der Waals surface area contributed by atoms with E-state index in [1.807, 2.05) is 17.0 Å². The Labute approximate surface area is 238 Å². The van der Waals surface area contributed by atoms with E-state index in [9.17, 15) is 9.18 Å². The van der Waals surface area contributed by atoms with Gasteiger partial charge in [-0.15, -0.1) is 0 Å². The molecule has 6 fully saturated rings. The number of carbonyl (C=O) groups is 1. The van der Waals surface area contributed by atoms with Gasteiger partial charge in [0.25, 0.3) is 0 Å². The smallest absolute Gasteiger partial charge is 0.322 e. The lowest BCUT2D eigenvalue weighted by Crippen LogP contribution is -2.52. The van der Waals surface area contributed by atoms with E-state index >= 15 is 0 Å². The number of amides is 2. The summed E-state index contributed by atoms with van der Waals surface area (Å²) in [7, 11) is 0. The van der Waals surface area contributed by atoms with E-state index in [-0.39, 0.29) is 23.4 Å². The topological polar surface area (TPSA) is 44.8 Å². The van der Waals surface area contributed by atoms with Gasteiger partial charge in [-0.3, -0.25) is 0 Å². The van der Waals surface area contributed by atoms with Crippen molar-refractivity contribution in [2.24, 2.45) is 23.7 Å². The molecular weight excluding hydrogens is 501 g/mol. The highest BCUT2D eigenvalue weighted by Gasteiger charge is 2.52. The SMILES string of the molecule is O=C(Nc1ccccc1C12CC3CC(CC(C3)C1)C2)N1CCOC(CN2CCC(Cc3ccc(F)cc3)CC2)C1. The molecule has 0 radical (unpaired) electrons. The van der Waals surface area contributed by atoms with Crippen molar-refractivity contribution in [2.75, 3.05) is 44.6 Å². The van der Waals surface area contributed by atoms with Crippen LogP contribution >= 0.6 is 0 Å². The van der Waals surface area contributed by atoms with E-state index in [4.69, 9.17) is 4.74 Å². The van der Waals surface area contributed by atoms with Crippen LogP contribution in [0.1, 0.15) is 62.5 Å². The number of rotatable bonds is 6. The lowest BCUT2D eigenvalue weighted by atomic mass is 9.48. The Morgan fingerprint density at radius 1 is 0.925 bits per heavy atom. The zero-order chi connectivity index (χ0) is 27.1. The van der Waals surface area contributed by atoms with Crippen LogP contribution in [-0.2, 0) is 16.6 Å². The van der Waals surface area contributed by atoms with E-state index in [1.54, 1.807) is 12.1 Å². The molecule has 2 aromatic carbocycles. The molecule has 0 spiro atoms. The van der Waals surface area contributed by atoms with Crippen LogP contribution in [0, 0.1) is 29.5 Å². The molecule has 4 saturated carbocycles. The maximum atomic E-state index is 13.5. The molecule has 6 aliphatic rings. The summed E-state index contributed by atoms with van der Waals surface area (Å²) >= 11 is 0. The lowest BCUT2D eigenvalue weighted by molar-refractivity contribution is -0.0329. The molecule has 6 heteroatoms. The Morgan fingerprint density at radius 2 is 1.60 bits per heavy atom. The summed E-state index contributed by atoms with van der Waals surface area (Å²) in [6, 6.07) is 15.6. The summed E-state index contributed by atoms with van der Waals surface area (Å²) < 4.78 is 19.4. The normalized spacial score (nSPS) is 32.4. The number of carbonyl (C=O) groups excluding carboxylic acids is 1. The van der Waals surface area contributed by atoms with Crippen molar-refractivity contribution >= 4 is 11.7 Å². The van der Waals surface area contributed by atoms with Crippen LogP contribution in [0.25, 0.3) is 0 Å². The van der Waals surface area contributed by atoms with Gasteiger partial charge in [-0.25, -0.2) is 9.18 Å². The molecule has 5 nitrogen and oxygen atoms in total. The molecule has 4 aliphatic carbocycles. The molecule has 4 bridgehead atoms. The predicted octanol–water partition coefficient (Wildman–Crippen LogP) is 6.48. The van der Waals surface area contributed by atoms with Gasteiger partial charge in [0.05, 0.1) is 12.7 Å². The van der Waals surface area contributed by atoms with Crippen molar-refractivity contribution in [1.82, 2.24) is 9.80 Å². The Morgan fingerprint density at radius 3 is 2.30 bits per heavy atom. The molecule has 0 aromatic heterocycles. The third-order valence-corrected chi connectivity index (χ3v) is 10.8. The van der Waals surface area contributed by atoms with E-state index in [0.717, 1.165) is 62.3 Å². The summed E-state index contributed by atoms with van der Waals surface area (Å²) in [6.45, 7) is 4.85. The molecule has 214 valence electrons. The van der Waals surface area contributed by atoms with Crippen molar-refractivity contribution in [3.05, 3.63) is 65.5 Å². The van der Waals surface area contributed by atoms with E-state index in [0.29, 0.717) is 25.6 Å². The summed E-state index contributed by atoms with van der Waals surface area (Å²) in [5.41, 5.74) is 3.90. The number of anilines is 1. The number of para-hydroxylation sites is 1. The van der Waals surface area contributed by atoms with Gasteiger partial charge in [-0.05, 0) is 129 Å². The summed E-state index contributed by atoms with van der Waals surface area (Å²) in [4.78, 5) is 18.0. The molecule has 2 heterocycles. The van der Waals surface area contributed by atoms with Gasteiger partial charge in [-0.1, -0.05) is 30.3 Å². The number of benzene rings is 2. The number of nitrogens with one attached hydrogen (secondary N) is 1. The fourth-order valence-electron chi connectivity index (χ4n) is 9.32. The molecule has 2 aromatic rings. The number of urea groups is 1. The van der Waals surface area contributed by atoms with Crippen molar-refractivity contribution in [3.8, 4) is 0 Å². The monoisotopic (exact) mass is 545 g/mol.